The molecule has 1 aliphatic carbocycles. The zero-order chi connectivity index (χ0) is 15.3. The maximum absolute atomic E-state index is 12.6. The van der Waals surface area contributed by atoms with E-state index in [0.717, 1.165) is 44.7 Å². The second-order valence-corrected chi connectivity index (χ2v) is 7.49. The molecule has 1 unspecified atom stereocenters. The van der Waals surface area contributed by atoms with Crippen LogP contribution in [-0.4, -0.2) is 43.5 Å². The van der Waals surface area contributed by atoms with Gasteiger partial charge in [0.15, 0.2) is 0 Å². The SMILES string of the molecule is CC1CCC(CN)(C(=O)NCC(C)CN2CCCC2)CC1. The molecule has 1 aliphatic heterocycles. The van der Waals surface area contributed by atoms with Gasteiger partial charge in [-0.1, -0.05) is 13.8 Å². The minimum absolute atomic E-state index is 0.199. The molecular formula is C17H33N3O. The highest BCUT2D eigenvalue weighted by Crippen LogP contribution is 2.38. The Labute approximate surface area is 129 Å². The first-order valence-electron chi connectivity index (χ1n) is 8.76. The molecule has 1 amide bonds. The zero-order valence-electron chi connectivity index (χ0n) is 13.9. The molecule has 122 valence electrons. The van der Waals surface area contributed by atoms with E-state index in [4.69, 9.17) is 5.73 Å². The van der Waals surface area contributed by atoms with Gasteiger partial charge in [0.25, 0.3) is 0 Å². The van der Waals surface area contributed by atoms with Gasteiger partial charge in [-0.2, -0.15) is 0 Å². The van der Waals surface area contributed by atoms with E-state index in [0.29, 0.717) is 12.5 Å². The van der Waals surface area contributed by atoms with Crippen molar-refractivity contribution in [1.29, 1.82) is 0 Å². The van der Waals surface area contributed by atoms with Crippen molar-refractivity contribution >= 4 is 5.91 Å². The molecule has 4 nitrogen and oxygen atoms in total. The molecule has 0 radical (unpaired) electrons. The van der Waals surface area contributed by atoms with Gasteiger partial charge in [-0.3, -0.25) is 4.79 Å². The van der Waals surface area contributed by atoms with Crippen LogP contribution in [0.4, 0.5) is 0 Å². The highest BCUT2D eigenvalue weighted by molar-refractivity contribution is 5.83. The molecule has 21 heavy (non-hydrogen) atoms. The van der Waals surface area contributed by atoms with Gasteiger partial charge in [0.2, 0.25) is 5.91 Å². The van der Waals surface area contributed by atoms with Crippen molar-refractivity contribution < 1.29 is 4.79 Å². The van der Waals surface area contributed by atoms with E-state index in [-0.39, 0.29) is 11.3 Å². The van der Waals surface area contributed by atoms with E-state index in [1.165, 1.54) is 25.9 Å². The molecule has 3 N–H and O–H groups in total. The van der Waals surface area contributed by atoms with Crippen LogP contribution >= 0.6 is 0 Å². The van der Waals surface area contributed by atoms with Crippen LogP contribution in [0.5, 0.6) is 0 Å². The number of nitrogens with zero attached hydrogens (tertiary/aromatic N) is 1. The number of nitrogens with one attached hydrogen (secondary N) is 1. The summed E-state index contributed by atoms with van der Waals surface area (Å²) in [6.45, 7) is 9.34. The number of rotatable bonds is 6. The largest absolute Gasteiger partial charge is 0.355 e. The van der Waals surface area contributed by atoms with Gasteiger partial charge in [0.05, 0.1) is 5.41 Å². The number of carbonyl (C=O) groups is 1. The van der Waals surface area contributed by atoms with Gasteiger partial charge in [0, 0.05) is 19.6 Å². The minimum Gasteiger partial charge on any atom is -0.355 e. The van der Waals surface area contributed by atoms with Crippen LogP contribution in [0.1, 0.15) is 52.4 Å². The summed E-state index contributed by atoms with van der Waals surface area (Å²) in [6.07, 6.45) is 6.83. The van der Waals surface area contributed by atoms with Gasteiger partial charge < -0.3 is 16.0 Å². The predicted molar refractivity (Wildman–Crippen MR) is 87.0 cm³/mol. The number of amides is 1. The lowest BCUT2D eigenvalue weighted by molar-refractivity contribution is -0.133. The molecule has 2 rings (SSSR count). The monoisotopic (exact) mass is 295 g/mol. The molecule has 1 heterocycles. The van der Waals surface area contributed by atoms with Crippen LogP contribution in [0.2, 0.25) is 0 Å². The van der Waals surface area contributed by atoms with Crippen molar-refractivity contribution in [2.75, 3.05) is 32.7 Å². The average molecular weight is 295 g/mol. The number of nitrogens with two attached hydrogens (primary N) is 1. The number of hydrogen-bond acceptors (Lipinski definition) is 3. The van der Waals surface area contributed by atoms with Crippen LogP contribution in [0.15, 0.2) is 0 Å². The zero-order valence-corrected chi connectivity index (χ0v) is 13.9. The quantitative estimate of drug-likeness (QED) is 0.788. The third-order valence-corrected chi connectivity index (χ3v) is 5.48. The molecule has 0 aromatic rings. The summed E-state index contributed by atoms with van der Waals surface area (Å²) >= 11 is 0. The average Bonchev–Trinajstić information content (AvgIpc) is 2.99. The molecule has 0 aromatic carbocycles. The van der Waals surface area contributed by atoms with Crippen molar-refractivity contribution in [2.24, 2.45) is 23.0 Å². The lowest BCUT2D eigenvalue weighted by Gasteiger charge is -2.37. The second kappa shape index (κ2) is 7.59. The van der Waals surface area contributed by atoms with Crippen molar-refractivity contribution in [1.82, 2.24) is 10.2 Å². The molecule has 1 saturated heterocycles. The fourth-order valence-corrected chi connectivity index (χ4v) is 3.76. The standard InChI is InChI=1S/C17H33N3O/c1-14-5-7-17(13-18,8-6-14)16(21)19-11-15(2)12-20-9-3-4-10-20/h14-15H,3-13,18H2,1-2H3,(H,19,21). The van der Waals surface area contributed by atoms with E-state index in [1.54, 1.807) is 0 Å². The molecule has 2 aliphatic rings. The Kier molecular flexibility index (Phi) is 6.06. The second-order valence-electron chi connectivity index (χ2n) is 7.49. The summed E-state index contributed by atoms with van der Waals surface area (Å²) < 4.78 is 0. The molecule has 4 heteroatoms. The molecule has 0 aromatic heterocycles. The van der Waals surface area contributed by atoms with Gasteiger partial charge in [-0.05, 0) is 63.5 Å². The van der Waals surface area contributed by atoms with E-state index in [9.17, 15) is 4.79 Å². The summed E-state index contributed by atoms with van der Waals surface area (Å²) in [6, 6.07) is 0. The van der Waals surface area contributed by atoms with Crippen LogP contribution in [-0.2, 0) is 4.79 Å². The fourth-order valence-electron chi connectivity index (χ4n) is 3.76. The topological polar surface area (TPSA) is 58.4 Å². The number of likely N-dealkylation sites (tertiary alicyclic amines) is 1. The first-order chi connectivity index (χ1) is 10.1. The Hall–Kier alpha value is -0.610. The van der Waals surface area contributed by atoms with E-state index < -0.39 is 0 Å². The van der Waals surface area contributed by atoms with E-state index in [1.807, 2.05) is 0 Å². The third-order valence-electron chi connectivity index (χ3n) is 5.48. The minimum atomic E-state index is -0.292. The lowest BCUT2D eigenvalue weighted by Crippen LogP contribution is -2.49. The number of carbonyl (C=O) groups excluding carboxylic acids is 1. The normalized spacial score (nSPS) is 32.0. The van der Waals surface area contributed by atoms with Crippen molar-refractivity contribution in [3.63, 3.8) is 0 Å². The maximum atomic E-state index is 12.6. The van der Waals surface area contributed by atoms with Crippen LogP contribution in [0.3, 0.4) is 0 Å². The Balaban J connectivity index is 1.76. The van der Waals surface area contributed by atoms with Crippen LogP contribution in [0, 0.1) is 17.3 Å². The van der Waals surface area contributed by atoms with Crippen molar-refractivity contribution in [3.05, 3.63) is 0 Å². The summed E-state index contributed by atoms with van der Waals surface area (Å²) in [7, 11) is 0. The lowest BCUT2D eigenvalue weighted by atomic mass is 9.70. The molecule has 0 spiro atoms. The Morgan fingerprint density at radius 1 is 1.33 bits per heavy atom. The van der Waals surface area contributed by atoms with E-state index in [2.05, 4.69) is 24.1 Å². The maximum Gasteiger partial charge on any atom is 0.227 e. The molecular weight excluding hydrogens is 262 g/mol. The summed E-state index contributed by atoms with van der Waals surface area (Å²) in [5, 5.41) is 3.19. The first-order valence-corrected chi connectivity index (χ1v) is 8.76. The molecule has 1 saturated carbocycles. The Morgan fingerprint density at radius 2 is 1.95 bits per heavy atom. The molecule has 1 atom stereocenters. The van der Waals surface area contributed by atoms with Gasteiger partial charge in [-0.25, -0.2) is 0 Å². The van der Waals surface area contributed by atoms with Crippen molar-refractivity contribution in [2.45, 2.75) is 52.4 Å². The van der Waals surface area contributed by atoms with Gasteiger partial charge >= 0.3 is 0 Å². The smallest absolute Gasteiger partial charge is 0.227 e. The Bertz CT molecular complexity index is 331. The highest BCUT2D eigenvalue weighted by Gasteiger charge is 2.39. The third kappa shape index (κ3) is 4.43. The van der Waals surface area contributed by atoms with Crippen LogP contribution < -0.4 is 11.1 Å². The van der Waals surface area contributed by atoms with Crippen molar-refractivity contribution in [3.8, 4) is 0 Å². The molecule has 2 fully saturated rings. The first kappa shape index (κ1) is 16.8. The van der Waals surface area contributed by atoms with Crippen LogP contribution in [0.25, 0.3) is 0 Å². The van der Waals surface area contributed by atoms with Gasteiger partial charge in [-0.15, -0.1) is 0 Å². The Morgan fingerprint density at radius 3 is 2.52 bits per heavy atom. The fraction of sp³-hybridized carbons (Fsp3) is 0.941. The highest BCUT2D eigenvalue weighted by atomic mass is 16.2. The summed E-state index contributed by atoms with van der Waals surface area (Å²) in [5.74, 6) is 1.46. The number of hydrogen-bond donors (Lipinski definition) is 2. The summed E-state index contributed by atoms with van der Waals surface area (Å²) in [4.78, 5) is 15.1. The van der Waals surface area contributed by atoms with E-state index >= 15 is 0 Å². The molecule has 0 bridgehead atoms. The predicted octanol–water partition coefficient (Wildman–Crippen LogP) is 1.99. The summed E-state index contributed by atoms with van der Waals surface area (Å²) in [5.41, 5.74) is 5.66. The van der Waals surface area contributed by atoms with Gasteiger partial charge in [0.1, 0.15) is 0 Å².